The summed E-state index contributed by atoms with van der Waals surface area (Å²) in [5, 5.41) is 0.927. The number of alkyl halides is 2. The molecule has 116 valence electrons. The highest BCUT2D eigenvalue weighted by molar-refractivity contribution is 5.87. The number of rotatable bonds is 2. The summed E-state index contributed by atoms with van der Waals surface area (Å²) in [4.78, 5) is 27.1. The number of anilines is 1. The Kier molecular flexibility index (Phi) is 2.82. The van der Waals surface area contributed by atoms with E-state index in [9.17, 15) is 13.6 Å². The molecule has 0 spiro atoms. The van der Waals surface area contributed by atoms with Gasteiger partial charge in [0.05, 0.1) is 5.39 Å². The monoisotopic (exact) mass is 307 g/mol. The molecule has 3 heterocycles. The summed E-state index contributed by atoms with van der Waals surface area (Å²) in [6.45, 7) is 2.06. The van der Waals surface area contributed by atoms with Crippen LogP contribution in [0.2, 0.25) is 0 Å². The quantitative estimate of drug-likeness (QED) is 0.907. The standard InChI is InChI=1S/C14H15F2N5O/c15-14(16)7-10(14)13(22)21-5-3-20(4-6-21)12-9-1-2-17-11(9)18-8-19-12/h1-2,8,10H,3-7H2,(H,17,18,19). The van der Waals surface area contributed by atoms with Gasteiger partial charge in [-0.2, -0.15) is 0 Å². The van der Waals surface area contributed by atoms with Crippen LogP contribution in [0.1, 0.15) is 6.42 Å². The summed E-state index contributed by atoms with van der Waals surface area (Å²) in [5.74, 6) is -3.50. The minimum absolute atomic E-state index is 0.304. The Labute approximate surface area is 125 Å². The first kappa shape index (κ1) is 13.4. The molecule has 0 bridgehead atoms. The van der Waals surface area contributed by atoms with Crippen molar-refractivity contribution in [1.29, 1.82) is 0 Å². The highest BCUT2D eigenvalue weighted by atomic mass is 19.3. The average Bonchev–Trinajstić information content (AvgIpc) is 2.95. The molecule has 8 heteroatoms. The molecular weight excluding hydrogens is 292 g/mol. The Morgan fingerprint density at radius 3 is 2.68 bits per heavy atom. The van der Waals surface area contributed by atoms with Crippen LogP contribution in [0.25, 0.3) is 11.0 Å². The molecule has 2 aromatic rings. The molecule has 1 atom stereocenters. The number of aromatic amines is 1. The number of aromatic nitrogens is 3. The number of nitrogens with zero attached hydrogens (tertiary/aromatic N) is 4. The van der Waals surface area contributed by atoms with Crippen LogP contribution in [0.5, 0.6) is 0 Å². The van der Waals surface area contributed by atoms with E-state index in [-0.39, 0.29) is 6.42 Å². The summed E-state index contributed by atoms with van der Waals surface area (Å²) in [5.41, 5.74) is 0.765. The first-order valence-electron chi connectivity index (χ1n) is 7.26. The van der Waals surface area contributed by atoms with Crippen LogP contribution >= 0.6 is 0 Å². The molecule has 2 fully saturated rings. The first-order chi connectivity index (χ1) is 10.6. The summed E-state index contributed by atoms with van der Waals surface area (Å²) < 4.78 is 26.0. The second-order valence-corrected chi connectivity index (χ2v) is 5.77. The van der Waals surface area contributed by atoms with Crippen LogP contribution in [0, 0.1) is 5.92 Å². The van der Waals surface area contributed by atoms with Gasteiger partial charge in [-0.3, -0.25) is 4.79 Å². The maximum absolute atomic E-state index is 13.0. The summed E-state index contributed by atoms with van der Waals surface area (Å²) in [6.07, 6.45) is 3.00. The molecule has 1 N–H and O–H groups in total. The van der Waals surface area contributed by atoms with Gasteiger partial charge in [-0.1, -0.05) is 0 Å². The van der Waals surface area contributed by atoms with E-state index in [1.807, 2.05) is 6.07 Å². The van der Waals surface area contributed by atoms with Crippen LogP contribution in [-0.2, 0) is 4.79 Å². The molecule has 4 rings (SSSR count). The maximum Gasteiger partial charge on any atom is 0.260 e. The number of H-pyrrole nitrogens is 1. The molecule has 1 amide bonds. The zero-order valence-corrected chi connectivity index (χ0v) is 11.8. The largest absolute Gasteiger partial charge is 0.352 e. The SMILES string of the molecule is O=C(C1CC1(F)F)N1CCN(c2ncnc3[nH]ccc23)CC1. The molecule has 1 saturated carbocycles. The van der Waals surface area contributed by atoms with Gasteiger partial charge in [-0.25, -0.2) is 18.7 Å². The van der Waals surface area contributed by atoms with E-state index >= 15 is 0 Å². The van der Waals surface area contributed by atoms with E-state index in [0.29, 0.717) is 26.2 Å². The topological polar surface area (TPSA) is 65.1 Å². The fourth-order valence-electron chi connectivity index (χ4n) is 2.95. The van der Waals surface area contributed by atoms with E-state index in [2.05, 4.69) is 19.9 Å². The summed E-state index contributed by atoms with van der Waals surface area (Å²) in [7, 11) is 0. The van der Waals surface area contributed by atoms with E-state index < -0.39 is 17.7 Å². The lowest BCUT2D eigenvalue weighted by atomic mass is 10.2. The van der Waals surface area contributed by atoms with Crippen molar-refractivity contribution >= 4 is 22.8 Å². The Hall–Kier alpha value is -2.25. The van der Waals surface area contributed by atoms with Crippen molar-refractivity contribution in [3.8, 4) is 0 Å². The lowest BCUT2D eigenvalue weighted by Gasteiger charge is -2.35. The molecule has 1 aliphatic heterocycles. The number of carbonyl (C=O) groups is 1. The maximum atomic E-state index is 13.0. The first-order valence-corrected chi connectivity index (χ1v) is 7.26. The number of fused-ring (bicyclic) bond motifs is 1. The Morgan fingerprint density at radius 1 is 1.27 bits per heavy atom. The highest BCUT2D eigenvalue weighted by Gasteiger charge is 2.62. The van der Waals surface area contributed by atoms with E-state index in [1.54, 1.807) is 6.20 Å². The van der Waals surface area contributed by atoms with Crippen molar-refractivity contribution in [1.82, 2.24) is 19.9 Å². The van der Waals surface area contributed by atoms with E-state index in [1.165, 1.54) is 11.2 Å². The molecule has 2 aromatic heterocycles. The summed E-state index contributed by atoms with van der Waals surface area (Å²) in [6, 6.07) is 1.91. The van der Waals surface area contributed by atoms with Crippen LogP contribution in [0.3, 0.4) is 0 Å². The fourth-order valence-corrected chi connectivity index (χ4v) is 2.95. The number of amides is 1. The van der Waals surface area contributed by atoms with Crippen molar-refractivity contribution in [3.63, 3.8) is 0 Å². The number of hydrogen-bond donors (Lipinski definition) is 1. The smallest absolute Gasteiger partial charge is 0.260 e. The Bertz CT molecular complexity index is 723. The number of carbonyl (C=O) groups excluding carboxylic acids is 1. The minimum Gasteiger partial charge on any atom is -0.352 e. The van der Waals surface area contributed by atoms with Gasteiger partial charge in [0.15, 0.2) is 0 Å². The van der Waals surface area contributed by atoms with Crippen LogP contribution in [-0.4, -0.2) is 57.9 Å². The third kappa shape index (κ3) is 2.10. The van der Waals surface area contributed by atoms with Crippen molar-refractivity contribution < 1.29 is 13.6 Å². The van der Waals surface area contributed by atoms with Crippen molar-refractivity contribution in [2.75, 3.05) is 31.1 Å². The zero-order chi connectivity index (χ0) is 15.3. The lowest BCUT2D eigenvalue weighted by molar-refractivity contribution is -0.135. The lowest BCUT2D eigenvalue weighted by Crippen LogP contribution is -2.50. The van der Waals surface area contributed by atoms with Gasteiger partial charge in [0, 0.05) is 38.8 Å². The Balaban J connectivity index is 1.46. The number of hydrogen-bond acceptors (Lipinski definition) is 4. The van der Waals surface area contributed by atoms with Gasteiger partial charge in [-0.05, 0) is 6.07 Å². The Morgan fingerprint density at radius 2 is 2.00 bits per heavy atom. The van der Waals surface area contributed by atoms with Gasteiger partial charge >= 0.3 is 0 Å². The molecule has 22 heavy (non-hydrogen) atoms. The third-order valence-corrected chi connectivity index (χ3v) is 4.35. The van der Waals surface area contributed by atoms with Gasteiger partial charge in [0.1, 0.15) is 23.7 Å². The van der Waals surface area contributed by atoms with Crippen molar-refractivity contribution in [2.45, 2.75) is 12.3 Å². The van der Waals surface area contributed by atoms with Crippen molar-refractivity contribution in [3.05, 3.63) is 18.6 Å². The number of nitrogens with one attached hydrogen (secondary N) is 1. The zero-order valence-electron chi connectivity index (χ0n) is 11.8. The second-order valence-electron chi connectivity index (χ2n) is 5.77. The van der Waals surface area contributed by atoms with E-state index in [4.69, 9.17) is 0 Å². The normalized spacial score (nSPS) is 23.8. The van der Waals surface area contributed by atoms with E-state index in [0.717, 1.165) is 16.9 Å². The van der Waals surface area contributed by atoms with Crippen molar-refractivity contribution in [2.24, 2.45) is 5.92 Å². The molecular formula is C14H15F2N5O. The molecule has 1 saturated heterocycles. The molecule has 0 radical (unpaired) electrons. The van der Waals surface area contributed by atoms with Gasteiger partial charge in [0.2, 0.25) is 5.91 Å². The molecule has 6 nitrogen and oxygen atoms in total. The minimum atomic E-state index is -2.79. The number of piperazine rings is 1. The van der Waals surface area contributed by atoms with Crippen LogP contribution in [0.4, 0.5) is 14.6 Å². The predicted molar refractivity (Wildman–Crippen MR) is 75.7 cm³/mol. The second kappa shape index (κ2) is 4.62. The molecule has 1 unspecified atom stereocenters. The highest BCUT2D eigenvalue weighted by Crippen LogP contribution is 2.49. The van der Waals surface area contributed by atoms with Crippen LogP contribution in [0.15, 0.2) is 18.6 Å². The molecule has 1 aliphatic carbocycles. The van der Waals surface area contributed by atoms with Gasteiger partial charge in [-0.15, -0.1) is 0 Å². The number of halogens is 2. The fraction of sp³-hybridized carbons (Fsp3) is 0.500. The van der Waals surface area contributed by atoms with Gasteiger partial charge < -0.3 is 14.8 Å². The summed E-state index contributed by atoms with van der Waals surface area (Å²) >= 11 is 0. The third-order valence-electron chi connectivity index (χ3n) is 4.35. The average molecular weight is 307 g/mol. The van der Waals surface area contributed by atoms with Crippen LogP contribution < -0.4 is 4.90 Å². The van der Waals surface area contributed by atoms with Gasteiger partial charge in [0.25, 0.3) is 5.92 Å². The molecule has 0 aromatic carbocycles. The molecule has 2 aliphatic rings. The predicted octanol–water partition coefficient (Wildman–Crippen LogP) is 1.26.